The molecule has 1 aromatic rings. The summed E-state index contributed by atoms with van der Waals surface area (Å²) in [7, 11) is 1.96. The van der Waals surface area contributed by atoms with Crippen LogP contribution < -0.4 is 4.90 Å². The third-order valence-corrected chi connectivity index (χ3v) is 2.77. The van der Waals surface area contributed by atoms with E-state index < -0.39 is 0 Å². The van der Waals surface area contributed by atoms with Crippen LogP contribution in [0, 0.1) is 24.2 Å². The molecule has 0 bridgehead atoms. The van der Waals surface area contributed by atoms with Crippen LogP contribution in [0.4, 0.5) is 5.13 Å². The highest BCUT2D eigenvalue weighted by molar-refractivity contribution is 7.13. The molecule has 1 rings (SSSR count). The lowest BCUT2D eigenvalue weighted by Crippen LogP contribution is -2.22. The summed E-state index contributed by atoms with van der Waals surface area (Å²) in [6.07, 6.45) is 0. The molecule has 0 saturated heterocycles. The number of hydrogen-bond acceptors (Lipinski definition) is 4. The van der Waals surface area contributed by atoms with Gasteiger partial charge in [0, 0.05) is 19.0 Å². The molecule has 4 heteroatoms. The van der Waals surface area contributed by atoms with Gasteiger partial charge in [-0.05, 0) is 13.8 Å². The second-order valence-electron chi connectivity index (χ2n) is 3.18. The molecular weight excluding hydrogens is 182 g/mol. The Morgan fingerprint density at radius 3 is 2.92 bits per heavy atom. The van der Waals surface area contributed by atoms with E-state index in [1.165, 1.54) is 0 Å². The van der Waals surface area contributed by atoms with E-state index in [1.807, 2.05) is 31.2 Å². The smallest absolute Gasteiger partial charge is 0.185 e. The summed E-state index contributed by atoms with van der Waals surface area (Å²) in [4.78, 5) is 6.35. The van der Waals surface area contributed by atoms with Crippen LogP contribution in [0.1, 0.15) is 12.6 Å². The molecular formula is C9H13N3S. The molecule has 70 valence electrons. The maximum Gasteiger partial charge on any atom is 0.185 e. The Balaban J connectivity index is 2.59. The van der Waals surface area contributed by atoms with Crippen LogP contribution in [0.2, 0.25) is 0 Å². The molecule has 0 aromatic carbocycles. The summed E-state index contributed by atoms with van der Waals surface area (Å²) in [6, 6.07) is 2.21. The molecule has 13 heavy (non-hydrogen) atoms. The fourth-order valence-electron chi connectivity index (χ4n) is 1.05. The number of hydrogen-bond donors (Lipinski definition) is 0. The van der Waals surface area contributed by atoms with E-state index in [9.17, 15) is 0 Å². The topological polar surface area (TPSA) is 39.9 Å². The van der Waals surface area contributed by atoms with E-state index in [0.29, 0.717) is 0 Å². The molecule has 3 nitrogen and oxygen atoms in total. The van der Waals surface area contributed by atoms with Gasteiger partial charge in [0.1, 0.15) is 0 Å². The summed E-state index contributed by atoms with van der Waals surface area (Å²) in [6.45, 7) is 4.63. The van der Waals surface area contributed by atoms with Crippen LogP contribution in [-0.2, 0) is 0 Å². The number of aromatic nitrogens is 1. The average molecular weight is 195 g/mol. The molecule has 0 saturated carbocycles. The van der Waals surface area contributed by atoms with Crippen molar-refractivity contribution in [1.29, 1.82) is 5.26 Å². The Labute approximate surface area is 82.6 Å². The standard InChI is InChI=1S/C9H13N3S/c1-7(4-10)5-12(3)9-11-8(2)6-13-9/h6-7H,5H2,1-3H3. The van der Waals surface area contributed by atoms with Gasteiger partial charge in [-0.25, -0.2) is 4.98 Å². The molecule has 0 fully saturated rings. The van der Waals surface area contributed by atoms with Crippen molar-refractivity contribution in [2.45, 2.75) is 13.8 Å². The number of nitriles is 1. The van der Waals surface area contributed by atoms with Crippen molar-refractivity contribution in [3.63, 3.8) is 0 Å². The minimum absolute atomic E-state index is 0.0502. The minimum atomic E-state index is 0.0502. The van der Waals surface area contributed by atoms with Crippen LogP contribution in [0.5, 0.6) is 0 Å². The summed E-state index contributed by atoms with van der Waals surface area (Å²) in [5.74, 6) is 0.0502. The second-order valence-corrected chi connectivity index (χ2v) is 4.02. The molecule has 1 atom stereocenters. The van der Waals surface area contributed by atoms with Gasteiger partial charge in [-0.3, -0.25) is 0 Å². The van der Waals surface area contributed by atoms with Gasteiger partial charge in [0.15, 0.2) is 5.13 Å². The molecule has 0 aliphatic rings. The SMILES string of the molecule is Cc1csc(N(C)CC(C)C#N)n1. The normalized spacial score (nSPS) is 12.2. The Bertz CT molecular complexity index is 313. The van der Waals surface area contributed by atoms with Crippen molar-refractivity contribution >= 4 is 16.5 Å². The van der Waals surface area contributed by atoms with Gasteiger partial charge in [-0.15, -0.1) is 11.3 Å². The molecule has 1 aromatic heterocycles. The largest absolute Gasteiger partial charge is 0.350 e. The number of rotatable bonds is 3. The zero-order valence-corrected chi connectivity index (χ0v) is 8.93. The summed E-state index contributed by atoms with van der Waals surface area (Å²) in [5, 5.41) is 11.6. The van der Waals surface area contributed by atoms with Gasteiger partial charge >= 0.3 is 0 Å². The lowest BCUT2D eigenvalue weighted by Gasteiger charge is -2.16. The predicted molar refractivity (Wildman–Crippen MR) is 54.9 cm³/mol. The number of nitrogens with zero attached hydrogens (tertiary/aromatic N) is 3. The van der Waals surface area contributed by atoms with E-state index in [4.69, 9.17) is 5.26 Å². The monoisotopic (exact) mass is 195 g/mol. The van der Waals surface area contributed by atoms with Gasteiger partial charge in [-0.1, -0.05) is 0 Å². The molecule has 0 N–H and O–H groups in total. The molecule has 0 amide bonds. The summed E-state index contributed by atoms with van der Waals surface area (Å²) in [5.41, 5.74) is 1.04. The van der Waals surface area contributed by atoms with Crippen molar-refractivity contribution in [2.75, 3.05) is 18.5 Å². The van der Waals surface area contributed by atoms with Gasteiger partial charge in [0.25, 0.3) is 0 Å². The van der Waals surface area contributed by atoms with Gasteiger partial charge in [0.05, 0.1) is 17.7 Å². The van der Waals surface area contributed by atoms with Crippen molar-refractivity contribution in [1.82, 2.24) is 4.98 Å². The van der Waals surface area contributed by atoms with E-state index in [2.05, 4.69) is 11.1 Å². The van der Waals surface area contributed by atoms with Crippen molar-refractivity contribution in [2.24, 2.45) is 5.92 Å². The van der Waals surface area contributed by atoms with Crippen LogP contribution in [-0.4, -0.2) is 18.6 Å². The van der Waals surface area contributed by atoms with Crippen molar-refractivity contribution in [3.05, 3.63) is 11.1 Å². The fourth-order valence-corrected chi connectivity index (χ4v) is 1.83. The Kier molecular flexibility index (Phi) is 3.26. The summed E-state index contributed by atoms with van der Waals surface area (Å²) < 4.78 is 0. The zero-order chi connectivity index (χ0) is 9.84. The predicted octanol–water partition coefficient (Wildman–Crippen LogP) is 2.05. The quantitative estimate of drug-likeness (QED) is 0.741. The van der Waals surface area contributed by atoms with Crippen LogP contribution >= 0.6 is 11.3 Å². The first-order chi connectivity index (χ1) is 6.13. The average Bonchev–Trinajstić information content (AvgIpc) is 2.51. The third-order valence-electron chi connectivity index (χ3n) is 1.70. The lowest BCUT2D eigenvalue weighted by atomic mass is 10.2. The highest BCUT2D eigenvalue weighted by Crippen LogP contribution is 2.19. The molecule has 0 radical (unpaired) electrons. The number of anilines is 1. The lowest BCUT2D eigenvalue weighted by molar-refractivity contribution is 0.714. The zero-order valence-electron chi connectivity index (χ0n) is 8.11. The molecule has 0 aliphatic heterocycles. The second kappa shape index (κ2) is 4.24. The van der Waals surface area contributed by atoms with E-state index in [-0.39, 0.29) is 5.92 Å². The minimum Gasteiger partial charge on any atom is -0.350 e. The van der Waals surface area contributed by atoms with E-state index in [1.54, 1.807) is 11.3 Å². The first-order valence-electron chi connectivity index (χ1n) is 4.16. The van der Waals surface area contributed by atoms with Crippen LogP contribution in [0.25, 0.3) is 0 Å². The van der Waals surface area contributed by atoms with Gasteiger partial charge < -0.3 is 4.90 Å². The van der Waals surface area contributed by atoms with Crippen LogP contribution in [0.15, 0.2) is 5.38 Å². The highest BCUT2D eigenvalue weighted by atomic mass is 32.1. The van der Waals surface area contributed by atoms with Crippen LogP contribution in [0.3, 0.4) is 0 Å². The van der Waals surface area contributed by atoms with E-state index in [0.717, 1.165) is 17.4 Å². The highest BCUT2D eigenvalue weighted by Gasteiger charge is 2.08. The molecule has 1 unspecified atom stereocenters. The first-order valence-corrected chi connectivity index (χ1v) is 5.04. The van der Waals surface area contributed by atoms with E-state index >= 15 is 0 Å². The number of thiazole rings is 1. The molecule has 0 aliphatic carbocycles. The maximum absolute atomic E-state index is 8.64. The van der Waals surface area contributed by atoms with Crippen molar-refractivity contribution < 1.29 is 0 Å². The fraction of sp³-hybridized carbons (Fsp3) is 0.556. The van der Waals surface area contributed by atoms with Crippen molar-refractivity contribution in [3.8, 4) is 6.07 Å². The van der Waals surface area contributed by atoms with Gasteiger partial charge in [-0.2, -0.15) is 5.26 Å². The Morgan fingerprint density at radius 2 is 2.46 bits per heavy atom. The Morgan fingerprint density at radius 1 is 1.77 bits per heavy atom. The molecule has 0 spiro atoms. The summed E-state index contributed by atoms with van der Waals surface area (Å²) >= 11 is 1.62. The Hall–Kier alpha value is -1.08. The maximum atomic E-state index is 8.64. The third kappa shape index (κ3) is 2.71. The molecule has 1 heterocycles. The first kappa shape index (κ1) is 10.0. The number of aryl methyl sites for hydroxylation is 1. The van der Waals surface area contributed by atoms with Gasteiger partial charge in [0.2, 0.25) is 0 Å².